The summed E-state index contributed by atoms with van der Waals surface area (Å²) < 4.78 is 0. The van der Waals surface area contributed by atoms with E-state index in [0.29, 0.717) is 19.3 Å². The maximum Gasteiger partial charge on any atom is 0.244 e. The molecule has 0 radical (unpaired) electrons. The van der Waals surface area contributed by atoms with E-state index in [1.54, 1.807) is 0 Å². The first-order valence-corrected chi connectivity index (χ1v) is 11.4. The molecule has 2 aliphatic rings. The molecule has 4 unspecified atom stereocenters. The van der Waals surface area contributed by atoms with Crippen molar-refractivity contribution in [3.05, 3.63) is 71.8 Å². The molecule has 1 heterocycles. The summed E-state index contributed by atoms with van der Waals surface area (Å²) in [5.74, 6) is -0.972. The Morgan fingerprint density at radius 3 is 2.25 bits per heavy atom. The largest absolute Gasteiger partial charge is 0.348 e. The van der Waals surface area contributed by atoms with Gasteiger partial charge in [0.2, 0.25) is 17.7 Å². The molecule has 2 aromatic carbocycles. The van der Waals surface area contributed by atoms with Crippen LogP contribution in [0.15, 0.2) is 60.7 Å². The van der Waals surface area contributed by atoms with Gasteiger partial charge < -0.3 is 5.32 Å². The fourth-order valence-electron chi connectivity index (χ4n) is 5.42. The molecular formula is C27H32N2O3. The van der Waals surface area contributed by atoms with E-state index in [1.165, 1.54) is 4.90 Å². The van der Waals surface area contributed by atoms with Crippen molar-refractivity contribution in [2.75, 3.05) is 0 Å². The molecule has 5 heteroatoms. The van der Waals surface area contributed by atoms with Crippen LogP contribution in [0.2, 0.25) is 0 Å². The summed E-state index contributed by atoms with van der Waals surface area (Å²) in [5, 5.41) is 3.05. The van der Waals surface area contributed by atoms with E-state index in [2.05, 4.69) is 5.32 Å². The third-order valence-corrected chi connectivity index (χ3v) is 8.00. The van der Waals surface area contributed by atoms with Gasteiger partial charge in [-0.2, -0.15) is 0 Å². The standard InChI is InChI=1S/C27H32N2O3/c1-18(20-13-9-6-10-14-20)28-23(30)22(17-19-11-7-5-8-12-19)29-24(31)21-15-16-27(4,25(29)32)26(21,2)3/h5-14,18,21-22H,15-17H2,1-4H3,(H,28,30). The minimum absolute atomic E-state index is 0.210. The van der Waals surface area contributed by atoms with Gasteiger partial charge in [0.25, 0.3) is 0 Å². The molecular weight excluding hydrogens is 400 g/mol. The average Bonchev–Trinajstić information content (AvgIpc) is 2.97. The number of nitrogens with one attached hydrogen (secondary N) is 1. The lowest BCUT2D eigenvalue weighted by molar-refractivity contribution is -0.173. The van der Waals surface area contributed by atoms with Crippen LogP contribution < -0.4 is 5.32 Å². The smallest absolute Gasteiger partial charge is 0.244 e. The molecule has 2 bridgehead atoms. The van der Waals surface area contributed by atoms with Crippen molar-refractivity contribution in [3.8, 4) is 0 Å². The molecule has 5 nitrogen and oxygen atoms in total. The van der Waals surface area contributed by atoms with Gasteiger partial charge in [0, 0.05) is 12.3 Å². The van der Waals surface area contributed by atoms with Gasteiger partial charge in [-0.25, -0.2) is 0 Å². The zero-order chi connectivity index (χ0) is 23.1. The molecule has 2 fully saturated rings. The lowest BCUT2D eigenvalue weighted by Gasteiger charge is -2.49. The second-order valence-electron chi connectivity index (χ2n) is 10.0. The number of rotatable bonds is 6. The second-order valence-corrected chi connectivity index (χ2v) is 10.0. The van der Waals surface area contributed by atoms with Crippen molar-refractivity contribution in [1.82, 2.24) is 10.2 Å². The Balaban J connectivity index is 1.67. The quantitative estimate of drug-likeness (QED) is 0.693. The lowest BCUT2D eigenvalue weighted by Crippen LogP contribution is -2.64. The Labute approximate surface area is 190 Å². The highest BCUT2D eigenvalue weighted by Crippen LogP contribution is 2.60. The number of fused-ring (bicyclic) bond motifs is 2. The van der Waals surface area contributed by atoms with Gasteiger partial charge in [-0.1, -0.05) is 81.4 Å². The predicted molar refractivity (Wildman–Crippen MR) is 123 cm³/mol. The predicted octanol–water partition coefficient (Wildman–Crippen LogP) is 4.29. The first kappa shape index (κ1) is 22.3. The number of carbonyl (C=O) groups excluding carboxylic acids is 3. The van der Waals surface area contributed by atoms with Gasteiger partial charge >= 0.3 is 0 Å². The third kappa shape index (κ3) is 3.54. The second kappa shape index (κ2) is 8.19. The van der Waals surface area contributed by atoms with Gasteiger partial charge in [-0.05, 0) is 36.3 Å². The Kier molecular flexibility index (Phi) is 5.70. The van der Waals surface area contributed by atoms with Crippen molar-refractivity contribution in [3.63, 3.8) is 0 Å². The number of piperidine rings is 1. The topological polar surface area (TPSA) is 66.5 Å². The SMILES string of the molecule is CC(NC(=O)C(Cc1ccccc1)N1C(=O)C2CCC(C)(C1=O)C2(C)C)c1ccccc1. The number of carbonyl (C=O) groups is 3. The molecule has 3 amide bonds. The average molecular weight is 433 g/mol. The molecule has 4 atom stereocenters. The van der Waals surface area contributed by atoms with Gasteiger partial charge in [0.1, 0.15) is 6.04 Å². The zero-order valence-electron chi connectivity index (χ0n) is 19.3. The molecule has 168 valence electrons. The molecule has 2 aromatic rings. The number of likely N-dealkylation sites (tertiary alicyclic amines) is 1. The maximum atomic E-state index is 13.7. The molecule has 4 rings (SSSR count). The van der Waals surface area contributed by atoms with Gasteiger partial charge in [-0.3, -0.25) is 19.3 Å². The summed E-state index contributed by atoms with van der Waals surface area (Å²) >= 11 is 0. The van der Waals surface area contributed by atoms with Crippen LogP contribution in [0.5, 0.6) is 0 Å². The molecule has 1 N–H and O–H groups in total. The highest BCUT2D eigenvalue weighted by atomic mass is 16.2. The Hall–Kier alpha value is -2.95. The van der Waals surface area contributed by atoms with Crippen LogP contribution in [-0.2, 0) is 20.8 Å². The molecule has 1 saturated heterocycles. The number of hydrogen-bond acceptors (Lipinski definition) is 3. The van der Waals surface area contributed by atoms with Crippen LogP contribution in [0.4, 0.5) is 0 Å². The van der Waals surface area contributed by atoms with Crippen LogP contribution in [0.3, 0.4) is 0 Å². The highest BCUT2D eigenvalue weighted by molar-refractivity contribution is 6.07. The summed E-state index contributed by atoms with van der Waals surface area (Å²) in [4.78, 5) is 42.2. The molecule has 0 aromatic heterocycles. The van der Waals surface area contributed by atoms with Crippen LogP contribution in [0, 0.1) is 16.7 Å². The highest BCUT2D eigenvalue weighted by Gasteiger charge is 2.65. The van der Waals surface area contributed by atoms with E-state index in [9.17, 15) is 14.4 Å². The van der Waals surface area contributed by atoms with Crippen molar-refractivity contribution in [1.29, 1.82) is 0 Å². The van der Waals surface area contributed by atoms with Gasteiger partial charge in [0.15, 0.2) is 0 Å². The summed E-state index contributed by atoms with van der Waals surface area (Å²) in [5.41, 5.74) is 0.834. The number of amides is 3. The van der Waals surface area contributed by atoms with E-state index >= 15 is 0 Å². The molecule has 1 aliphatic heterocycles. The molecule has 1 saturated carbocycles. The normalized spacial score (nSPS) is 26.0. The van der Waals surface area contributed by atoms with Gasteiger partial charge in [0.05, 0.1) is 11.5 Å². The van der Waals surface area contributed by atoms with E-state index in [-0.39, 0.29) is 29.7 Å². The van der Waals surface area contributed by atoms with E-state index in [0.717, 1.165) is 11.1 Å². The first-order chi connectivity index (χ1) is 15.2. The summed E-state index contributed by atoms with van der Waals surface area (Å²) in [6.45, 7) is 7.91. The Bertz CT molecular complexity index is 1020. The lowest BCUT2D eigenvalue weighted by atomic mass is 9.62. The minimum atomic E-state index is -0.875. The van der Waals surface area contributed by atoms with Crippen LogP contribution in [0.25, 0.3) is 0 Å². The van der Waals surface area contributed by atoms with E-state index in [1.807, 2.05) is 88.4 Å². The van der Waals surface area contributed by atoms with E-state index < -0.39 is 16.9 Å². The monoisotopic (exact) mass is 432 g/mol. The van der Waals surface area contributed by atoms with Crippen molar-refractivity contribution >= 4 is 17.7 Å². The minimum Gasteiger partial charge on any atom is -0.348 e. The Morgan fingerprint density at radius 2 is 1.62 bits per heavy atom. The van der Waals surface area contributed by atoms with Crippen LogP contribution in [-0.4, -0.2) is 28.7 Å². The first-order valence-electron chi connectivity index (χ1n) is 11.4. The fraction of sp³-hybridized carbons (Fsp3) is 0.444. The maximum absolute atomic E-state index is 13.7. The summed E-state index contributed by atoms with van der Waals surface area (Å²) in [6.07, 6.45) is 1.66. The number of nitrogens with zero attached hydrogens (tertiary/aromatic N) is 1. The fourth-order valence-corrected chi connectivity index (χ4v) is 5.42. The van der Waals surface area contributed by atoms with Crippen molar-refractivity contribution in [2.45, 2.75) is 59.0 Å². The van der Waals surface area contributed by atoms with E-state index in [4.69, 9.17) is 0 Å². The number of imide groups is 1. The van der Waals surface area contributed by atoms with Gasteiger partial charge in [-0.15, -0.1) is 0 Å². The van der Waals surface area contributed by atoms with Crippen molar-refractivity contribution < 1.29 is 14.4 Å². The summed E-state index contributed by atoms with van der Waals surface area (Å²) in [7, 11) is 0. The zero-order valence-corrected chi connectivity index (χ0v) is 19.3. The number of benzene rings is 2. The molecule has 0 spiro atoms. The van der Waals surface area contributed by atoms with Crippen LogP contribution in [0.1, 0.15) is 57.7 Å². The van der Waals surface area contributed by atoms with Crippen LogP contribution >= 0.6 is 0 Å². The molecule has 1 aliphatic carbocycles. The summed E-state index contributed by atoms with van der Waals surface area (Å²) in [6, 6.07) is 18.2. The third-order valence-electron chi connectivity index (χ3n) is 8.00. The Morgan fingerprint density at radius 1 is 1.03 bits per heavy atom. The molecule has 32 heavy (non-hydrogen) atoms. The van der Waals surface area contributed by atoms with Crippen molar-refractivity contribution in [2.24, 2.45) is 16.7 Å². The number of hydrogen-bond donors (Lipinski definition) is 1.